The van der Waals surface area contributed by atoms with Crippen LogP contribution in [0.1, 0.15) is 36.1 Å². The fourth-order valence-corrected chi connectivity index (χ4v) is 2.97. The summed E-state index contributed by atoms with van der Waals surface area (Å²) in [6.45, 7) is 7.85. The Morgan fingerprint density at radius 3 is 2.96 bits per heavy atom. The van der Waals surface area contributed by atoms with Crippen molar-refractivity contribution in [1.29, 1.82) is 0 Å². The molecule has 3 heterocycles. The van der Waals surface area contributed by atoms with Crippen molar-refractivity contribution in [1.82, 2.24) is 30.1 Å². The number of likely N-dealkylation sites (N-methyl/N-ethyl adjacent to an activating group) is 1. The number of carbonyl (C=O) groups is 1. The number of aromatic nitrogens is 4. The molecule has 1 saturated heterocycles. The first-order valence-corrected chi connectivity index (χ1v) is 8.35. The summed E-state index contributed by atoms with van der Waals surface area (Å²) in [6, 6.07) is 1.58. The molecule has 25 heavy (non-hydrogen) atoms. The fraction of sp³-hybridized carbons (Fsp3) is 0.625. The van der Waals surface area contributed by atoms with Gasteiger partial charge in [-0.15, -0.1) is 0 Å². The van der Waals surface area contributed by atoms with Crippen molar-refractivity contribution in [3.63, 3.8) is 0 Å². The van der Waals surface area contributed by atoms with Gasteiger partial charge in [0.1, 0.15) is 23.4 Å². The third-order valence-corrected chi connectivity index (χ3v) is 4.36. The quantitative estimate of drug-likeness (QED) is 0.854. The lowest BCUT2D eigenvalue weighted by Crippen LogP contribution is -2.50. The number of morpholine rings is 1. The molecule has 2 aromatic rings. The average Bonchev–Trinajstić information content (AvgIpc) is 3.22. The zero-order valence-corrected chi connectivity index (χ0v) is 15.0. The van der Waals surface area contributed by atoms with Crippen LogP contribution in [0.3, 0.4) is 0 Å². The molecule has 0 saturated carbocycles. The van der Waals surface area contributed by atoms with Crippen molar-refractivity contribution < 1.29 is 14.1 Å². The van der Waals surface area contributed by atoms with Gasteiger partial charge in [0.25, 0.3) is 0 Å². The van der Waals surface area contributed by atoms with Gasteiger partial charge in [-0.1, -0.05) is 5.16 Å². The Bertz CT molecular complexity index is 727. The van der Waals surface area contributed by atoms with E-state index in [-0.39, 0.29) is 18.1 Å². The molecule has 1 N–H and O–H groups in total. The molecule has 2 aromatic heterocycles. The molecule has 0 unspecified atom stereocenters. The molecule has 1 fully saturated rings. The van der Waals surface area contributed by atoms with E-state index in [1.165, 1.54) is 0 Å². The van der Waals surface area contributed by atoms with Crippen molar-refractivity contribution in [3.8, 4) is 0 Å². The van der Waals surface area contributed by atoms with Gasteiger partial charge in [0.2, 0.25) is 5.91 Å². The number of amides is 1. The lowest BCUT2D eigenvalue weighted by molar-refractivity contribution is -0.139. The first kappa shape index (κ1) is 17.6. The minimum atomic E-state index is -0.260. The van der Waals surface area contributed by atoms with Gasteiger partial charge >= 0.3 is 0 Å². The second-order valence-electron chi connectivity index (χ2n) is 6.43. The summed E-state index contributed by atoms with van der Waals surface area (Å²) in [5.41, 5.74) is 0.747. The number of hydrogen-bond donors (Lipinski definition) is 1. The molecule has 1 amide bonds. The smallest absolute Gasteiger partial charge is 0.239 e. The van der Waals surface area contributed by atoms with Crippen LogP contribution in [0.25, 0.3) is 0 Å². The summed E-state index contributed by atoms with van der Waals surface area (Å²) >= 11 is 0. The summed E-state index contributed by atoms with van der Waals surface area (Å²) in [5.74, 6) is 2.16. The van der Waals surface area contributed by atoms with Crippen molar-refractivity contribution in [2.24, 2.45) is 0 Å². The van der Waals surface area contributed by atoms with Crippen molar-refractivity contribution >= 4 is 5.91 Å². The molecular formula is C16H24N6O3. The van der Waals surface area contributed by atoms with Gasteiger partial charge in [-0.2, -0.15) is 5.10 Å². The van der Waals surface area contributed by atoms with Crippen LogP contribution < -0.4 is 0 Å². The molecule has 9 nitrogen and oxygen atoms in total. The van der Waals surface area contributed by atoms with E-state index in [9.17, 15) is 4.79 Å². The van der Waals surface area contributed by atoms with Crippen LogP contribution >= 0.6 is 0 Å². The van der Waals surface area contributed by atoms with E-state index in [4.69, 9.17) is 9.26 Å². The molecule has 0 bridgehead atoms. The maximum atomic E-state index is 12.7. The van der Waals surface area contributed by atoms with Gasteiger partial charge in [-0.25, -0.2) is 4.98 Å². The highest BCUT2D eigenvalue weighted by molar-refractivity contribution is 5.81. The van der Waals surface area contributed by atoms with Gasteiger partial charge in [-0.3, -0.25) is 14.8 Å². The van der Waals surface area contributed by atoms with E-state index in [1.54, 1.807) is 11.9 Å². The Hall–Kier alpha value is -2.26. The highest BCUT2D eigenvalue weighted by atomic mass is 16.5. The zero-order chi connectivity index (χ0) is 18.0. The summed E-state index contributed by atoms with van der Waals surface area (Å²) < 4.78 is 10.8. The Morgan fingerprint density at radius 2 is 2.32 bits per heavy atom. The number of aryl methyl sites for hydroxylation is 2. The largest absolute Gasteiger partial charge is 0.367 e. The maximum Gasteiger partial charge on any atom is 0.239 e. The van der Waals surface area contributed by atoms with Crippen LogP contribution in [0.5, 0.6) is 0 Å². The Kier molecular flexibility index (Phi) is 5.14. The number of nitrogens with one attached hydrogen (secondary N) is 1. The highest BCUT2D eigenvalue weighted by Crippen LogP contribution is 2.21. The SMILES string of the molecule is Cc1nc([C@H]2CN([C@H](C)C(=O)N(C)Cc3cc(C)on3)CCO2)n[nH]1. The van der Waals surface area contributed by atoms with E-state index in [0.717, 1.165) is 17.3 Å². The van der Waals surface area contributed by atoms with Crippen LogP contribution in [-0.4, -0.2) is 68.8 Å². The molecule has 136 valence electrons. The minimum Gasteiger partial charge on any atom is -0.367 e. The molecule has 0 radical (unpaired) electrons. The Labute approximate surface area is 146 Å². The predicted octanol–water partition coefficient (Wildman–Crippen LogP) is 0.830. The number of aromatic amines is 1. The molecule has 1 aliphatic rings. The highest BCUT2D eigenvalue weighted by Gasteiger charge is 2.31. The van der Waals surface area contributed by atoms with Gasteiger partial charge in [0.05, 0.1) is 19.2 Å². The summed E-state index contributed by atoms with van der Waals surface area (Å²) in [6.07, 6.45) is -0.225. The third kappa shape index (κ3) is 4.05. The van der Waals surface area contributed by atoms with Crippen LogP contribution in [0.2, 0.25) is 0 Å². The number of nitrogens with zero attached hydrogens (tertiary/aromatic N) is 5. The van der Waals surface area contributed by atoms with Crippen LogP contribution in [0.4, 0.5) is 0 Å². The molecule has 2 atom stereocenters. The van der Waals surface area contributed by atoms with E-state index in [2.05, 4.69) is 25.2 Å². The van der Waals surface area contributed by atoms with Crippen LogP contribution in [0.15, 0.2) is 10.6 Å². The van der Waals surface area contributed by atoms with E-state index in [0.29, 0.717) is 32.1 Å². The minimum absolute atomic E-state index is 0.0347. The third-order valence-electron chi connectivity index (χ3n) is 4.36. The summed E-state index contributed by atoms with van der Waals surface area (Å²) in [5, 5.41) is 10.9. The monoisotopic (exact) mass is 348 g/mol. The van der Waals surface area contributed by atoms with Crippen molar-refractivity contribution in [2.45, 2.75) is 39.5 Å². The zero-order valence-electron chi connectivity index (χ0n) is 15.0. The first-order chi connectivity index (χ1) is 11.9. The molecule has 1 aliphatic heterocycles. The number of ether oxygens (including phenoxy) is 1. The fourth-order valence-electron chi connectivity index (χ4n) is 2.97. The van der Waals surface area contributed by atoms with Gasteiger partial charge < -0.3 is 14.2 Å². The molecular weight excluding hydrogens is 324 g/mol. The van der Waals surface area contributed by atoms with E-state index in [1.807, 2.05) is 26.8 Å². The normalized spacial score (nSPS) is 19.8. The van der Waals surface area contributed by atoms with Crippen LogP contribution in [-0.2, 0) is 16.1 Å². The summed E-state index contributed by atoms with van der Waals surface area (Å²) in [7, 11) is 1.78. The molecule has 9 heteroatoms. The topological polar surface area (TPSA) is 100 Å². The van der Waals surface area contributed by atoms with E-state index < -0.39 is 0 Å². The van der Waals surface area contributed by atoms with Gasteiger partial charge in [0.15, 0.2) is 5.82 Å². The predicted molar refractivity (Wildman–Crippen MR) is 88.6 cm³/mol. The standard InChI is InChI=1S/C16H24N6O3/c1-10-7-13(20-25-10)8-21(4)16(23)11(2)22-5-6-24-14(9-22)15-17-12(3)18-19-15/h7,11,14H,5-6,8-9H2,1-4H3,(H,17,18,19)/t11-,14-/m1/s1. The second kappa shape index (κ2) is 7.32. The number of H-pyrrole nitrogens is 1. The molecule has 0 aromatic carbocycles. The molecule has 0 aliphatic carbocycles. The lowest BCUT2D eigenvalue weighted by Gasteiger charge is -2.36. The van der Waals surface area contributed by atoms with Crippen molar-refractivity contribution in [2.75, 3.05) is 26.7 Å². The molecule has 3 rings (SSSR count). The lowest BCUT2D eigenvalue weighted by atomic mass is 10.1. The number of rotatable bonds is 5. The Morgan fingerprint density at radius 1 is 1.52 bits per heavy atom. The van der Waals surface area contributed by atoms with Gasteiger partial charge in [-0.05, 0) is 20.8 Å². The van der Waals surface area contributed by atoms with Crippen molar-refractivity contribution in [3.05, 3.63) is 29.2 Å². The molecule has 0 spiro atoms. The van der Waals surface area contributed by atoms with Gasteiger partial charge in [0, 0.05) is 26.2 Å². The number of hydrogen-bond acceptors (Lipinski definition) is 7. The van der Waals surface area contributed by atoms with Crippen LogP contribution in [0, 0.1) is 13.8 Å². The Balaban J connectivity index is 1.60. The number of carbonyl (C=O) groups excluding carboxylic acids is 1. The average molecular weight is 348 g/mol. The van der Waals surface area contributed by atoms with E-state index >= 15 is 0 Å². The maximum absolute atomic E-state index is 12.7. The summed E-state index contributed by atoms with van der Waals surface area (Å²) in [4.78, 5) is 20.9. The second-order valence-corrected chi connectivity index (χ2v) is 6.43. The first-order valence-electron chi connectivity index (χ1n) is 8.35.